The van der Waals surface area contributed by atoms with Gasteiger partial charge in [0, 0.05) is 57.4 Å². The highest BCUT2D eigenvalue weighted by Crippen LogP contribution is 2.43. The molecule has 0 atom stereocenters. The Labute approximate surface area is 327 Å². The summed E-state index contributed by atoms with van der Waals surface area (Å²) >= 11 is 3.74. The van der Waals surface area contributed by atoms with E-state index in [0.717, 1.165) is 17.1 Å². The fourth-order valence-corrected chi connectivity index (χ4v) is 10.5. The van der Waals surface area contributed by atoms with Crippen LogP contribution >= 0.6 is 22.7 Å². The van der Waals surface area contributed by atoms with E-state index in [0.29, 0.717) is 0 Å². The zero-order valence-corrected chi connectivity index (χ0v) is 31.4. The van der Waals surface area contributed by atoms with Gasteiger partial charge in [0.2, 0.25) is 0 Å². The maximum absolute atomic E-state index is 2.40. The van der Waals surface area contributed by atoms with Crippen molar-refractivity contribution in [2.75, 3.05) is 4.90 Å². The second-order valence-corrected chi connectivity index (χ2v) is 16.3. The Morgan fingerprint density at radius 3 is 1.51 bits per heavy atom. The van der Waals surface area contributed by atoms with Gasteiger partial charge in [-0.25, -0.2) is 0 Å². The molecule has 0 amide bonds. The minimum Gasteiger partial charge on any atom is -0.311 e. The third kappa shape index (κ3) is 5.51. The first-order valence-electron chi connectivity index (χ1n) is 18.7. The normalized spacial score (nSPS) is 11.6. The standard InChI is InChI=1S/C52H33NS2/c1-2-10-34(11-3-1)35-20-26-39(27-21-35)53(41-30-24-37(25-31-41)43-16-9-19-50-52(43)45-14-5-7-18-49(45)54-50)40-28-22-36(23-29-40)42-15-8-12-38-32-51-47(33-46(38)42)44-13-4-6-17-48(44)55-51/h1-33H. The van der Waals surface area contributed by atoms with E-state index in [-0.39, 0.29) is 0 Å². The SMILES string of the molecule is c1ccc(-c2ccc(N(c3ccc(-c4cccc5cc6sc7ccccc7c6cc45)cc3)c3ccc(-c4cccc5sc6ccccc6c45)cc3)cc2)cc1. The lowest BCUT2D eigenvalue weighted by atomic mass is 9.96. The summed E-state index contributed by atoms with van der Waals surface area (Å²) in [5.41, 5.74) is 10.7. The molecule has 0 aliphatic heterocycles. The summed E-state index contributed by atoms with van der Waals surface area (Å²) in [4.78, 5) is 2.37. The zero-order valence-electron chi connectivity index (χ0n) is 29.8. The minimum atomic E-state index is 1.11. The lowest BCUT2D eigenvalue weighted by molar-refractivity contribution is 1.28. The predicted molar refractivity (Wildman–Crippen MR) is 241 cm³/mol. The summed E-state index contributed by atoms with van der Waals surface area (Å²) in [6.07, 6.45) is 0. The number of hydrogen-bond donors (Lipinski definition) is 0. The predicted octanol–water partition coefficient (Wildman–Crippen LogP) is 16.0. The molecule has 0 N–H and O–H groups in total. The molecular formula is C52H33NS2. The summed E-state index contributed by atoms with van der Waals surface area (Å²) in [6, 6.07) is 73.3. The van der Waals surface area contributed by atoms with Gasteiger partial charge in [0.15, 0.2) is 0 Å². The molecule has 0 aliphatic rings. The quantitative estimate of drug-likeness (QED) is 0.164. The van der Waals surface area contributed by atoms with Crippen LogP contribution in [0, 0.1) is 0 Å². The number of thiophene rings is 2. The molecule has 2 aromatic heterocycles. The maximum atomic E-state index is 2.40. The molecule has 0 bridgehead atoms. The smallest absolute Gasteiger partial charge is 0.0462 e. The fourth-order valence-electron chi connectivity index (χ4n) is 8.22. The first-order chi connectivity index (χ1) is 27.2. The Kier molecular flexibility index (Phi) is 7.61. The van der Waals surface area contributed by atoms with Crippen LogP contribution in [0.2, 0.25) is 0 Å². The van der Waals surface area contributed by atoms with Gasteiger partial charge in [-0.15, -0.1) is 22.7 Å². The molecule has 9 aromatic carbocycles. The molecule has 2 heterocycles. The van der Waals surface area contributed by atoms with Gasteiger partial charge < -0.3 is 4.90 Å². The molecule has 55 heavy (non-hydrogen) atoms. The lowest BCUT2D eigenvalue weighted by Crippen LogP contribution is -2.09. The molecule has 3 heteroatoms. The number of anilines is 3. The fraction of sp³-hybridized carbons (Fsp3) is 0. The van der Waals surface area contributed by atoms with E-state index >= 15 is 0 Å². The zero-order chi connectivity index (χ0) is 36.3. The summed E-state index contributed by atoms with van der Waals surface area (Å²) in [5.74, 6) is 0. The molecule has 0 spiro atoms. The van der Waals surface area contributed by atoms with E-state index < -0.39 is 0 Å². The van der Waals surface area contributed by atoms with Crippen molar-refractivity contribution < 1.29 is 0 Å². The largest absolute Gasteiger partial charge is 0.311 e. The molecule has 1 nitrogen and oxygen atoms in total. The van der Waals surface area contributed by atoms with E-state index in [1.54, 1.807) is 0 Å². The molecule has 11 aromatic rings. The number of fused-ring (bicyclic) bond motifs is 7. The third-order valence-corrected chi connectivity index (χ3v) is 13.2. The van der Waals surface area contributed by atoms with Crippen molar-refractivity contribution in [2.45, 2.75) is 0 Å². The van der Waals surface area contributed by atoms with Gasteiger partial charge in [0.1, 0.15) is 0 Å². The molecule has 258 valence electrons. The molecule has 0 saturated heterocycles. The van der Waals surface area contributed by atoms with Crippen LogP contribution < -0.4 is 4.90 Å². The van der Waals surface area contributed by atoms with Crippen LogP contribution in [0.3, 0.4) is 0 Å². The van der Waals surface area contributed by atoms with E-state index in [1.165, 1.54) is 84.5 Å². The summed E-state index contributed by atoms with van der Waals surface area (Å²) < 4.78 is 5.32. The van der Waals surface area contributed by atoms with E-state index in [2.05, 4.69) is 205 Å². The van der Waals surface area contributed by atoms with Crippen LogP contribution in [-0.2, 0) is 0 Å². The van der Waals surface area contributed by atoms with Crippen LogP contribution in [0.1, 0.15) is 0 Å². The van der Waals surface area contributed by atoms with Crippen LogP contribution in [0.4, 0.5) is 17.1 Å². The van der Waals surface area contributed by atoms with Gasteiger partial charge in [-0.05, 0) is 111 Å². The maximum Gasteiger partial charge on any atom is 0.0462 e. The molecule has 0 unspecified atom stereocenters. The van der Waals surface area contributed by atoms with Crippen LogP contribution in [-0.4, -0.2) is 0 Å². The van der Waals surface area contributed by atoms with Gasteiger partial charge in [-0.1, -0.05) is 133 Å². The van der Waals surface area contributed by atoms with Crippen molar-refractivity contribution >= 4 is 90.9 Å². The summed E-state index contributed by atoms with van der Waals surface area (Å²) in [6.45, 7) is 0. The molecule has 0 radical (unpaired) electrons. The Morgan fingerprint density at radius 2 is 0.800 bits per heavy atom. The molecule has 0 aliphatic carbocycles. The highest BCUT2D eigenvalue weighted by molar-refractivity contribution is 7.26. The number of rotatable bonds is 6. The second-order valence-electron chi connectivity index (χ2n) is 14.1. The number of nitrogens with zero attached hydrogens (tertiary/aromatic N) is 1. The minimum absolute atomic E-state index is 1.11. The van der Waals surface area contributed by atoms with Gasteiger partial charge in [-0.3, -0.25) is 0 Å². The van der Waals surface area contributed by atoms with Gasteiger partial charge in [-0.2, -0.15) is 0 Å². The summed E-state index contributed by atoms with van der Waals surface area (Å²) in [5, 5.41) is 7.86. The van der Waals surface area contributed by atoms with Crippen molar-refractivity contribution in [3.05, 3.63) is 200 Å². The summed E-state index contributed by atoms with van der Waals surface area (Å²) in [7, 11) is 0. The number of hydrogen-bond acceptors (Lipinski definition) is 3. The van der Waals surface area contributed by atoms with Crippen molar-refractivity contribution in [1.29, 1.82) is 0 Å². The highest BCUT2D eigenvalue weighted by Gasteiger charge is 2.16. The Bertz CT molecular complexity index is 3170. The first-order valence-corrected chi connectivity index (χ1v) is 20.3. The average molecular weight is 736 g/mol. The molecule has 11 rings (SSSR count). The van der Waals surface area contributed by atoms with Gasteiger partial charge in [0.25, 0.3) is 0 Å². The van der Waals surface area contributed by atoms with Crippen molar-refractivity contribution in [3.8, 4) is 33.4 Å². The molecule has 0 saturated carbocycles. The second kappa shape index (κ2) is 13.1. The van der Waals surface area contributed by atoms with Crippen LogP contribution in [0.15, 0.2) is 200 Å². The van der Waals surface area contributed by atoms with Crippen molar-refractivity contribution in [1.82, 2.24) is 0 Å². The van der Waals surface area contributed by atoms with E-state index in [1.807, 2.05) is 22.7 Å². The molecular weight excluding hydrogens is 703 g/mol. The highest BCUT2D eigenvalue weighted by atomic mass is 32.1. The first kappa shape index (κ1) is 32.0. The Hall–Kier alpha value is -6.52. The Balaban J connectivity index is 1.01. The van der Waals surface area contributed by atoms with Crippen LogP contribution in [0.25, 0.3) is 84.5 Å². The number of benzene rings is 9. The van der Waals surface area contributed by atoms with Gasteiger partial charge in [0.05, 0.1) is 0 Å². The average Bonchev–Trinajstić information content (AvgIpc) is 3.82. The third-order valence-electron chi connectivity index (χ3n) is 10.9. The van der Waals surface area contributed by atoms with Crippen molar-refractivity contribution in [2.24, 2.45) is 0 Å². The molecule has 0 fully saturated rings. The monoisotopic (exact) mass is 735 g/mol. The topological polar surface area (TPSA) is 3.24 Å². The van der Waals surface area contributed by atoms with E-state index in [4.69, 9.17) is 0 Å². The lowest BCUT2D eigenvalue weighted by Gasteiger charge is -2.26. The van der Waals surface area contributed by atoms with E-state index in [9.17, 15) is 0 Å². The van der Waals surface area contributed by atoms with Crippen LogP contribution in [0.5, 0.6) is 0 Å². The Morgan fingerprint density at radius 1 is 0.291 bits per heavy atom. The van der Waals surface area contributed by atoms with Crippen molar-refractivity contribution in [3.63, 3.8) is 0 Å². The van der Waals surface area contributed by atoms with Gasteiger partial charge >= 0.3 is 0 Å².